The number of hydrogen-bond acceptors (Lipinski definition) is 7. The molecule has 0 saturated heterocycles. The molecule has 1 fully saturated rings. The third kappa shape index (κ3) is 4.15. The van der Waals surface area contributed by atoms with Gasteiger partial charge in [0.1, 0.15) is 17.8 Å². The molecule has 1 atom stereocenters. The van der Waals surface area contributed by atoms with Crippen molar-refractivity contribution in [2.24, 2.45) is 0 Å². The van der Waals surface area contributed by atoms with E-state index < -0.39 is 0 Å². The molecule has 1 aromatic carbocycles. The molecule has 1 unspecified atom stereocenters. The number of aryl methyl sites for hydroxylation is 1. The summed E-state index contributed by atoms with van der Waals surface area (Å²) >= 11 is 0. The van der Waals surface area contributed by atoms with Crippen LogP contribution in [0, 0.1) is 0 Å². The van der Waals surface area contributed by atoms with E-state index in [1.165, 1.54) is 0 Å². The van der Waals surface area contributed by atoms with Gasteiger partial charge in [0.2, 0.25) is 5.95 Å². The Morgan fingerprint density at radius 2 is 1.94 bits per heavy atom. The van der Waals surface area contributed by atoms with Gasteiger partial charge in [-0.15, -0.1) is 0 Å². The molecule has 6 rings (SSSR count). The van der Waals surface area contributed by atoms with Crippen LogP contribution in [0.4, 0.5) is 5.95 Å². The fourth-order valence-electron chi connectivity index (χ4n) is 5.84. The fraction of sp³-hybridized carbons (Fsp3) is 0.519. The van der Waals surface area contributed by atoms with E-state index in [0.717, 1.165) is 73.8 Å². The Morgan fingerprint density at radius 1 is 1.08 bits per heavy atom. The molecule has 1 saturated carbocycles. The molecule has 3 aromatic heterocycles. The third-order valence-electron chi connectivity index (χ3n) is 7.91. The Morgan fingerprint density at radius 3 is 2.78 bits per heavy atom. The van der Waals surface area contributed by atoms with Crippen LogP contribution in [-0.4, -0.2) is 47.1 Å². The van der Waals surface area contributed by atoms with Crippen molar-refractivity contribution in [3.63, 3.8) is 0 Å². The maximum absolute atomic E-state index is 14.1. The Hall–Kier alpha value is -3.33. The van der Waals surface area contributed by atoms with Crippen LogP contribution in [0.15, 0.2) is 35.5 Å². The summed E-state index contributed by atoms with van der Waals surface area (Å²) < 4.78 is 3.86. The lowest BCUT2D eigenvalue weighted by Crippen LogP contribution is -2.30. The highest BCUT2D eigenvalue weighted by Gasteiger charge is 2.27. The van der Waals surface area contributed by atoms with Gasteiger partial charge in [-0.3, -0.25) is 14.0 Å². The summed E-state index contributed by atoms with van der Waals surface area (Å²) in [5.74, 6) is 1.86. The number of rotatable bonds is 6. The van der Waals surface area contributed by atoms with Crippen molar-refractivity contribution >= 4 is 27.8 Å². The van der Waals surface area contributed by atoms with Gasteiger partial charge in [0.25, 0.3) is 5.56 Å². The molecule has 2 N–H and O–H groups in total. The van der Waals surface area contributed by atoms with Gasteiger partial charge in [-0.05, 0) is 61.5 Å². The van der Waals surface area contributed by atoms with Gasteiger partial charge in [0.05, 0.1) is 6.10 Å². The molecule has 0 bridgehead atoms. The van der Waals surface area contributed by atoms with Crippen LogP contribution in [0.3, 0.4) is 0 Å². The topological polar surface area (TPSA) is 111 Å². The minimum absolute atomic E-state index is 0.00192. The molecule has 4 heterocycles. The number of hydrogen-bond donors (Lipinski definition) is 2. The zero-order valence-corrected chi connectivity index (χ0v) is 20.7. The number of aliphatic hydroxyl groups excluding tert-OH is 1. The normalized spacial score (nSPS) is 22.1. The molecule has 36 heavy (non-hydrogen) atoms. The molecule has 1 aliphatic heterocycles. The molecule has 0 radical (unpaired) electrons. The Bertz CT molecular complexity index is 1450. The SMILES string of the molecule is CCCCNc1ncc2c3ccc(C4CCn5ncnc5C4)cc3c(=O)n(C3CCC(O)CC3)c2n1. The van der Waals surface area contributed by atoms with E-state index in [2.05, 4.69) is 45.5 Å². The molecule has 0 spiro atoms. The predicted octanol–water partition coefficient (Wildman–Crippen LogP) is 3.95. The first kappa shape index (κ1) is 23.1. The van der Waals surface area contributed by atoms with Gasteiger partial charge >= 0.3 is 0 Å². The van der Waals surface area contributed by atoms with Crippen LogP contribution in [0.1, 0.15) is 75.2 Å². The van der Waals surface area contributed by atoms with Gasteiger partial charge in [-0.2, -0.15) is 10.1 Å². The number of pyridine rings is 1. The smallest absolute Gasteiger partial charge is 0.260 e. The number of aliphatic hydroxyl groups is 1. The predicted molar refractivity (Wildman–Crippen MR) is 139 cm³/mol. The average Bonchev–Trinajstić information content (AvgIpc) is 3.38. The Kier molecular flexibility index (Phi) is 6.17. The van der Waals surface area contributed by atoms with E-state index in [-0.39, 0.29) is 17.7 Å². The van der Waals surface area contributed by atoms with Crippen LogP contribution in [0.2, 0.25) is 0 Å². The molecule has 188 valence electrons. The van der Waals surface area contributed by atoms with Crippen LogP contribution in [0.25, 0.3) is 21.8 Å². The van der Waals surface area contributed by atoms with Crippen molar-refractivity contribution < 1.29 is 5.11 Å². The molecule has 9 nitrogen and oxygen atoms in total. The lowest BCUT2D eigenvalue weighted by atomic mass is 9.88. The van der Waals surface area contributed by atoms with Crippen LogP contribution in [-0.2, 0) is 13.0 Å². The minimum atomic E-state index is -0.287. The summed E-state index contributed by atoms with van der Waals surface area (Å²) in [5, 5.41) is 20.2. The van der Waals surface area contributed by atoms with E-state index >= 15 is 0 Å². The number of aromatic nitrogens is 6. The molecule has 9 heteroatoms. The van der Waals surface area contributed by atoms with E-state index in [1.54, 1.807) is 6.33 Å². The number of nitrogens with zero attached hydrogens (tertiary/aromatic N) is 6. The van der Waals surface area contributed by atoms with Crippen LogP contribution in [0.5, 0.6) is 0 Å². The number of fused-ring (bicyclic) bond motifs is 4. The van der Waals surface area contributed by atoms with Gasteiger partial charge in [0, 0.05) is 42.5 Å². The van der Waals surface area contributed by atoms with E-state index in [1.807, 2.05) is 15.4 Å². The summed E-state index contributed by atoms with van der Waals surface area (Å²) in [5.41, 5.74) is 1.84. The summed E-state index contributed by atoms with van der Waals surface area (Å²) in [7, 11) is 0. The zero-order valence-electron chi connectivity index (χ0n) is 20.7. The Labute approximate surface area is 209 Å². The zero-order chi connectivity index (χ0) is 24.6. The molecular weight excluding hydrogens is 454 g/mol. The second-order valence-electron chi connectivity index (χ2n) is 10.2. The second kappa shape index (κ2) is 9.61. The molecule has 2 aliphatic rings. The first-order chi connectivity index (χ1) is 17.6. The molecule has 1 aliphatic carbocycles. The highest BCUT2D eigenvalue weighted by atomic mass is 16.3. The summed E-state index contributed by atoms with van der Waals surface area (Å²) in [6.07, 6.45) is 10.0. The van der Waals surface area contributed by atoms with Gasteiger partial charge in [-0.1, -0.05) is 25.5 Å². The number of unbranched alkanes of at least 4 members (excludes halogenated alkanes) is 1. The first-order valence-corrected chi connectivity index (χ1v) is 13.3. The van der Waals surface area contributed by atoms with Crippen LogP contribution >= 0.6 is 0 Å². The van der Waals surface area contributed by atoms with Crippen molar-refractivity contribution in [2.45, 2.75) is 82.9 Å². The first-order valence-electron chi connectivity index (χ1n) is 13.3. The van der Waals surface area contributed by atoms with Crippen molar-refractivity contribution in [1.82, 2.24) is 29.3 Å². The van der Waals surface area contributed by atoms with Gasteiger partial charge in [0.15, 0.2) is 0 Å². The summed E-state index contributed by atoms with van der Waals surface area (Å²) in [6.45, 7) is 3.79. The summed E-state index contributed by atoms with van der Waals surface area (Å²) in [4.78, 5) is 27.9. The van der Waals surface area contributed by atoms with E-state index in [4.69, 9.17) is 4.98 Å². The van der Waals surface area contributed by atoms with Crippen molar-refractivity contribution in [2.75, 3.05) is 11.9 Å². The number of anilines is 1. The number of nitrogens with one attached hydrogen (secondary N) is 1. The average molecular weight is 488 g/mol. The van der Waals surface area contributed by atoms with Crippen molar-refractivity contribution in [3.05, 3.63) is 52.5 Å². The molecular formula is C27H33N7O2. The molecule has 4 aromatic rings. The monoisotopic (exact) mass is 487 g/mol. The van der Waals surface area contributed by atoms with Crippen LogP contribution < -0.4 is 10.9 Å². The van der Waals surface area contributed by atoms with Crippen molar-refractivity contribution in [3.8, 4) is 0 Å². The largest absolute Gasteiger partial charge is 0.393 e. The lowest BCUT2D eigenvalue weighted by molar-refractivity contribution is 0.111. The number of benzene rings is 1. The van der Waals surface area contributed by atoms with Crippen molar-refractivity contribution in [1.29, 1.82) is 0 Å². The second-order valence-corrected chi connectivity index (χ2v) is 10.2. The van der Waals surface area contributed by atoms with Gasteiger partial charge < -0.3 is 10.4 Å². The lowest BCUT2D eigenvalue weighted by Gasteiger charge is -2.28. The minimum Gasteiger partial charge on any atom is -0.393 e. The van der Waals surface area contributed by atoms with E-state index in [0.29, 0.717) is 35.7 Å². The third-order valence-corrected chi connectivity index (χ3v) is 7.91. The highest BCUT2D eigenvalue weighted by molar-refractivity contribution is 6.04. The quantitative estimate of drug-likeness (QED) is 0.313. The highest BCUT2D eigenvalue weighted by Crippen LogP contribution is 2.34. The summed E-state index contributed by atoms with van der Waals surface area (Å²) in [6, 6.07) is 6.31. The fourth-order valence-corrected chi connectivity index (χ4v) is 5.84. The molecule has 0 amide bonds. The standard InChI is InChI=1S/C27H33N7O2/c1-2-3-11-28-27-29-15-23-21-9-4-17(18-10-12-33-24(14-18)30-16-31-33)13-22(21)26(36)34(25(23)32-27)19-5-7-20(35)8-6-19/h4,9,13,15-16,18-20,35H,2-3,5-8,10-12,14H2,1H3,(H,28,29,32). The van der Waals surface area contributed by atoms with Gasteiger partial charge in [-0.25, -0.2) is 9.97 Å². The maximum Gasteiger partial charge on any atom is 0.260 e. The maximum atomic E-state index is 14.1. The van der Waals surface area contributed by atoms with E-state index in [9.17, 15) is 9.90 Å². The Balaban J connectivity index is 1.47.